The van der Waals surface area contributed by atoms with Gasteiger partial charge in [0.05, 0.1) is 11.0 Å². The van der Waals surface area contributed by atoms with Crippen molar-refractivity contribution in [3.8, 4) is 11.1 Å². The van der Waals surface area contributed by atoms with Gasteiger partial charge in [-0.05, 0) is 47.0 Å². The second-order valence-corrected chi connectivity index (χ2v) is 8.81. The van der Waals surface area contributed by atoms with Crippen molar-refractivity contribution in [1.29, 1.82) is 0 Å². The fraction of sp³-hybridized carbons (Fsp3) is 0.280. The molecule has 192 valence electrons. The number of amides is 1. The van der Waals surface area contributed by atoms with Crippen LogP contribution in [0.5, 0.6) is 0 Å². The first-order valence-corrected chi connectivity index (χ1v) is 11.6. The number of anilines is 2. The maximum atomic E-state index is 13.5. The molecule has 2 N–H and O–H groups in total. The maximum Gasteiger partial charge on any atom is 0.397 e. The number of imidazole rings is 1. The minimum atomic E-state index is -4.49. The zero-order valence-corrected chi connectivity index (χ0v) is 19.6. The number of hydrogen-bond acceptors (Lipinski definition) is 6. The Hall–Kier alpha value is -4.06. The van der Waals surface area contributed by atoms with E-state index in [9.17, 15) is 22.4 Å². The van der Waals surface area contributed by atoms with Crippen molar-refractivity contribution in [2.45, 2.75) is 19.1 Å². The van der Waals surface area contributed by atoms with E-state index in [1.54, 1.807) is 12.3 Å². The van der Waals surface area contributed by atoms with Crippen molar-refractivity contribution in [2.24, 2.45) is 0 Å². The van der Waals surface area contributed by atoms with E-state index in [1.165, 1.54) is 17.2 Å². The molecule has 5 rings (SSSR count). The Balaban J connectivity index is 1.21. The van der Waals surface area contributed by atoms with Gasteiger partial charge in [-0.1, -0.05) is 6.07 Å². The number of carbonyl (C=O) groups excluding carboxylic acids is 1. The standard InChI is InChI=1S/C25H23F4N7O/c26-21-13-18(4-6-30-21)17-1-2-19-20(12-17)33-24(32-19)34-22-11-16(3-5-31-22)15-35-7-9-36(10-8-35)23(37)14-25(27,28)29/h1-6,11-13H,7-10,14-15H2,(H2,31,32,33,34). The lowest BCUT2D eigenvalue weighted by atomic mass is 10.1. The molecule has 1 aliphatic rings. The number of carbonyl (C=O) groups is 1. The molecule has 0 radical (unpaired) electrons. The Morgan fingerprint density at radius 3 is 2.49 bits per heavy atom. The van der Waals surface area contributed by atoms with Crippen molar-refractivity contribution >= 4 is 28.7 Å². The van der Waals surface area contributed by atoms with E-state index in [0.29, 0.717) is 37.0 Å². The molecule has 1 aliphatic heterocycles. The molecule has 0 spiro atoms. The number of hydrogen-bond donors (Lipinski definition) is 2. The fourth-order valence-corrected chi connectivity index (χ4v) is 4.29. The van der Waals surface area contributed by atoms with Crippen molar-refractivity contribution in [1.82, 2.24) is 29.7 Å². The van der Waals surface area contributed by atoms with Crippen LogP contribution in [0.4, 0.5) is 29.3 Å². The zero-order chi connectivity index (χ0) is 26.0. The summed E-state index contributed by atoms with van der Waals surface area (Å²) in [6.07, 6.45) is -2.83. The molecule has 1 saturated heterocycles. The number of benzene rings is 1. The van der Waals surface area contributed by atoms with Crippen LogP contribution in [0, 0.1) is 5.95 Å². The van der Waals surface area contributed by atoms with Crippen molar-refractivity contribution in [2.75, 3.05) is 31.5 Å². The van der Waals surface area contributed by atoms with Crippen LogP contribution in [-0.2, 0) is 11.3 Å². The van der Waals surface area contributed by atoms with E-state index < -0.39 is 24.5 Å². The third kappa shape index (κ3) is 6.20. The summed E-state index contributed by atoms with van der Waals surface area (Å²) in [5.74, 6) is -0.359. The largest absolute Gasteiger partial charge is 0.397 e. The zero-order valence-electron chi connectivity index (χ0n) is 19.6. The third-order valence-electron chi connectivity index (χ3n) is 6.10. The van der Waals surface area contributed by atoms with Crippen molar-refractivity contribution < 1.29 is 22.4 Å². The van der Waals surface area contributed by atoms with Gasteiger partial charge >= 0.3 is 6.18 Å². The van der Waals surface area contributed by atoms with Crippen molar-refractivity contribution in [3.05, 3.63) is 66.4 Å². The number of halogens is 4. The van der Waals surface area contributed by atoms with Crippen LogP contribution in [-0.4, -0.2) is 68.0 Å². The number of aromatic amines is 1. The summed E-state index contributed by atoms with van der Waals surface area (Å²) in [5.41, 5.74) is 4.00. The minimum absolute atomic E-state index is 0.262. The Kier molecular flexibility index (Phi) is 6.74. The van der Waals surface area contributed by atoms with E-state index in [2.05, 4.69) is 30.2 Å². The highest BCUT2D eigenvalue weighted by Gasteiger charge is 2.34. The molecule has 4 heterocycles. The summed E-state index contributed by atoms with van der Waals surface area (Å²) < 4.78 is 51.0. The number of nitrogens with one attached hydrogen (secondary N) is 2. The molecule has 12 heteroatoms. The first-order valence-electron chi connectivity index (χ1n) is 11.6. The van der Waals surface area contributed by atoms with Gasteiger partial charge in [0.2, 0.25) is 17.8 Å². The number of aromatic nitrogens is 4. The van der Waals surface area contributed by atoms with Gasteiger partial charge < -0.3 is 15.2 Å². The van der Waals surface area contributed by atoms with Gasteiger partial charge in [-0.15, -0.1) is 0 Å². The second kappa shape index (κ2) is 10.1. The lowest BCUT2D eigenvalue weighted by Crippen LogP contribution is -2.49. The Morgan fingerprint density at radius 1 is 0.973 bits per heavy atom. The van der Waals surface area contributed by atoms with Crippen LogP contribution < -0.4 is 5.32 Å². The van der Waals surface area contributed by atoms with Gasteiger partial charge in [-0.3, -0.25) is 9.69 Å². The fourth-order valence-electron chi connectivity index (χ4n) is 4.29. The average molecular weight is 513 g/mol. The quantitative estimate of drug-likeness (QED) is 0.292. The second-order valence-electron chi connectivity index (χ2n) is 8.81. The first-order chi connectivity index (χ1) is 17.7. The highest BCUT2D eigenvalue weighted by Crippen LogP contribution is 2.26. The van der Waals surface area contributed by atoms with E-state index in [1.807, 2.05) is 30.3 Å². The molecular formula is C25H23F4N7O. The minimum Gasteiger partial charge on any atom is -0.340 e. The predicted octanol–water partition coefficient (Wildman–Crippen LogP) is 4.50. The van der Waals surface area contributed by atoms with Crippen LogP contribution in [0.25, 0.3) is 22.2 Å². The van der Waals surface area contributed by atoms with Crippen LogP contribution in [0.15, 0.2) is 54.9 Å². The first kappa shape index (κ1) is 24.6. The molecule has 0 bridgehead atoms. The summed E-state index contributed by atoms with van der Waals surface area (Å²) in [7, 11) is 0. The van der Waals surface area contributed by atoms with Gasteiger partial charge in [-0.25, -0.2) is 15.0 Å². The van der Waals surface area contributed by atoms with Crippen LogP contribution in [0.1, 0.15) is 12.0 Å². The van der Waals surface area contributed by atoms with Gasteiger partial charge in [0.1, 0.15) is 12.2 Å². The average Bonchev–Trinajstić information content (AvgIpc) is 3.25. The van der Waals surface area contributed by atoms with Crippen LogP contribution in [0.2, 0.25) is 0 Å². The van der Waals surface area contributed by atoms with Gasteiger partial charge in [-0.2, -0.15) is 17.6 Å². The lowest BCUT2D eigenvalue weighted by Gasteiger charge is -2.35. The molecule has 1 fully saturated rings. The topological polar surface area (TPSA) is 90.0 Å². The Labute approximate surface area is 209 Å². The van der Waals surface area contributed by atoms with Gasteiger partial charge in [0.15, 0.2) is 0 Å². The summed E-state index contributed by atoms with van der Waals surface area (Å²) >= 11 is 0. The molecule has 4 aromatic rings. The van der Waals surface area contributed by atoms with Crippen LogP contribution >= 0.6 is 0 Å². The molecule has 37 heavy (non-hydrogen) atoms. The van der Waals surface area contributed by atoms with Gasteiger partial charge in [0, 0.05) is 51.2 Å². The number of piperazine rings is 1. The molecule has 1 amide bonds. The highest BCUT2D eigenvalue weighted by molar-refractivity contribution is 5.84. The van der Waals surface area contributed by atoms with E-state index >= 15 is 0 Å². The van der Waals surface area contributed by atoms with E-state index in [-0.39, 0.29) is 13.1 Å². The number of fused-ring (bicyclic) bond motifs is 1. The molecule has 1 aromatic carbocycles. The number of nitrogens with zero attached hydrogens (tertiary/aromatic N) is 5. The summed E-state index contributed by atoms with van der Waals surface area (Å²) in [6, 6.07) is 12.4. The molecule has 0 unspecified atom stereocenters. The van der Waals surface area contributed by atoms with Crippen LogP contribution in [0.3, 0.4) is 0 Å². The van der Waals surface area contributed by atoms with Crippen molar-refractivity contribution in [3.63, 3.8) is 0 Å². The summed E-state index contributed by atoms with van der Waals surface area (Å²) in [4.78, 5) is 30.8. The molecule has 0 saturated carbocycles. The Bertz CT molecular complexity index is 1410. The molecule has 0 aliphatic carbocycles. The molecule has 3 aromatic heterocycles. The van der Waals surface area contributed by atoms with E-state index in [4.69, 9.17) is 0 Å². The number of rotatable bonds is 6. The van der Waals surface area contributed by atoms with Gasteiger partial charge in [0.25, 0.3) is 0 Å². The SMILES string of the molecule is O=C(CC(F)(F)F)N1CCN(Cc2ccnc(Nc3nc4ccc(-c5ccnc(F)c5)cc4[nH]3)c2)CC1. The molecule has 0 atom stereocenters. The summed E-state index contributed by atoms with van der Waals surface area (Å²) in [5, 5.41) is 3.16. The normalized spacial score (nSPS) is 14.8. The number of pyridine rings is 2. The third-order valence-corrected chi connectivity index (χ3v) is 6.10. The highest BCUT2D eigenvalue weighted by atomic mass is 19.4. The van der Waals surface area contributed by atoms with E-state index in [0.717, 1.165) is 22.2 Å². The molecule has 8 nitrogen and oxygen atoms in total. The number of H-pyrrole nitrogens is 1. The molecular weight excluding hydrogens is 490 g/mol. The predicted molar refractivity (Wildman–Crippen MR) is 129 cm³/mol. The lowest BCUT2D eigenvalue weighted by molar-refractivity contribution is -0.162. The smallest absolute Gasteiger partial charge is 0.340 e. The maximum absolute atomic E-state index is 13.5. The monoisotopic (exact) mass is 513 g/mol. The number of alkyl halides is 3. The summed E-state index contributed by atoms with van der Waals surface area (Å²) in [6.45, 7) is 2.07. The Morgan fingerprint density at radius 2 is 1.73 bits per heavy atom.